The molecule has 2 aromatic carbocycles. The first-order chi connectivity index (χ1) is 13.2. The van der Waals surface area contributed by atoms with Crippen molar-refractivity contribution in [3.05, 3.63) is 65.7 Å². The van der Waals surface area contributed by atoms with Gasteiger partial charge in [-0.05, 0) is 81.6 Å². The van der Waals surface area contributed by atoms with Gasteiger partial charge in [0.05, 0.1) is 0 Å². The summed E-state index contributed by atoms with van der Waals surface area (Å²) in [7, 11) is 2.14. The van der Waals surface area contributed by atoms with E-state index in [1.807, 2.05) is 12.1 Å². The number of hydrogen-bond acceptors (Lipinski definition) is 3. The second-order valence-electron chi connectivity index (χ2n) is 8.16. The van der Waals surface area contributed by atoms with Gasteiger partial charge < -0.3 is 9.80 Å². The van der Waals surface area contributed by atoms with Crippen molar-refractivity contribution < 1.29 is 4.79 Å². The maximum atomic E-state index is 12.8. The summed E-state index contributed by atoms with van der Waals surface area (Å²) in [6, 6.07) is 19.2. The van der Waals surface area contributed by atoms with E-state index in [0.29, 0.717) is 11.7 Å². The molecule has 0 N–H and O–H groups in total. The monoisotopic (exact) mass is 362 g/mol. The van der Waals surface area contributed by atoms with Gasteiger partial charge in [0.15, 0.2) is 5.78 Å². The van der Waals surface area contributed by atoms with Crippen LogP contribution in [0, 0.1) is 5.92 Å². The molecule has 3 nitrogen and oxygen atoms in total. The molecule has 0 aliphatic carbocycles. The number of hydrogen-bond donors (Lipinski definition) is 0. The molecule has 0 atom stereocenters. The fraction of sp³-hybridized carbons (Fsp3) is 0.458. The Hall–Kier alpha value is -2.13. The van der Waals surface area contributed by atoms with Gasteiger partial charge in [-0.15, -0.1) is 0 Å². The second kappa shape index (κ2) is 8.26. The Morgan fingerprint density at radius 1 is 0.815 bits per heavy atom. The number of likely N-dealkylation sites (tertiary alicyclic amines) is 1. The normalized spacial score (nSPS) is 20.0. The number of carbonyl (C=O) groups excluding carboxylic acids is 1. The third kappa shape index (κ3) is 4.24. The van der Waals surface area contributed by atoms with Crippen LogP contribution in [0.25, 0.3) is 0 Å². The van der Waals surface area contributed by atoms with Crippen LogP contribution < -0.4 is 4.90 Å². The third-order valence-electron chi connectivity index (χ3n) is 6.37. The maximum absolute atomic E-state index is 12.8. The molecule has 2 aliphatic rings. The fourth-order valence-electron chi connectivity index (χ4n) is 4.54. The molecule has 0 aromatic heterocycles. The van der Waals surface area contributed by atoms with Crippen molar-refractivity contribution in [3.8, 4) is 0 Å². The summed E-state index contributed by atoms with van der Waals surface area (Å²) in [5.74, 6) is 1.21. The first kappa shape index (κ1) is 18.2. The van der Waals surface area contributed by atoms with Crippen molar-refractivity contribution >= 4 is 11.5 Å². The third-order valence-corrected chi connectivity index (χ3v) is 6.37. The number of benzene rings is 2. The number of nitrogens with zero attached hydrogens (tertiary/aromatic N) is 2. The van der Waals surface area contributed by atoms with Gasteiger partial charge in [0.25, 0.3) is 0 Å². The zero-order valence-corrected chi connectivity index (χ0v) is 16.3. The predicted molar refractivity (Wildman–Crippen MR) is 112 cm³/mol. The molecular weight excluding hydrogens is 332 g/mol. The Kier molecular flexibility index (Phi) is 5.58. The lowest BCUT2D eigenvalue weighted by Gasteiger charge is -2.34. The zero-order chi connectivity index (χ0) is 18.6. The Bertz CT molecular complexity index is 740. The van der Waals surface area contributed by atoms with Crippen LogP contribution in [0.15, 0.2) is 54.6 Å². The average Bonchev–Trinajstić information content (AvgIpc) is 2.75. The highest BCUT2D eigenvalue weighted by Gasteiger charge is 2.25. The van der Waals surface area contributed by atoms with E-state index in [1.54, 1.807) is 0 Å². The van der Waals surface area contributed by atoms with Crippen molar-refractivity contribution in [3.63, 3.8) is 0 Å². The van der Waals surface area contributed by atoms with Gasteiger partial charge in [0.1, 0.15) is 0 Å². The number of Topliss-reactive ketones (excluding diaryl/α,β-unsaturated/α-hetero) is 1. The van der Waals surface area contributed by atoms with Crippen molar-refractivity contribution in [2.75, 3.05) is 38.1 Å². The van der Waals surface area contributed by atoms with E-state index < -0.39 is 0 Å². The van der Waals surface area contributed by atoms with Gasteiger partial charge in [-0.25, -0.2) is 0 Å². The fourth-order valence-corrected chi connectivity index (χ4v) is 4.54. The van der Waals surface area contributed by atoms with Gasteiger partial charge in [-0.3, -0.25) is 4.79 Å². The van der Waals surface area contributed by atoms with Crippen LogP contribution >= 0.6 is 0 Å². The first-order valence-electron chi connectivity index (χ1n) is 10.3. The highest BCUT2D eigenvalue weighted by Crippen LogP contribution is 2.31. The minimum Gasteiger partial charge on any atom is -0.371 e. The standard InChI is InChI=1S/C24H30N2O/c1-25-15-11-22(12-16-25)24(27)21-7-9-23(10-8-21)26-17-13-20(14-18-26)19-5-3-2-4-6-19/h2-10,20,22H,11-18H2,1H3. The second-order valence-corrected chi connectivity index (χ2v) is 8.16. The van der Waals surface area contributed by atoms with Crippen LogP contribution in [-0.4, -0.2) is 43.9 Å². The smallest absolute Gasteiger partial charge is 0.166 e. The molecule has 0 radical (unpaired) electrons. The van der Waals surface area contributed by atoms with E-state index in [0.717, 1.165) is 44.6 Å². The molecule has 27 heavy (non-hydrogen) atoms. The lowest BCUT2D eigenvalue weighted by Crippen LogP contribution is -2.34. The van der Waals surface area contributed by atoms with Crippen molar-refractivity contribution in [1.29, 1.82) is 0 Å². The minimum absolute atomic E-state index is 0.202. The average molecular weight is 363 g/mol. The quantitative estimate of drug-likeness (QED) is 0.743. The van der Waals surface area contributed by atoms with E-state index >= 15 is 0 Å². The van der Waals surface area contributed by atoms with Crippen molar-refractivity contribution in [2.24, 2.45) is 5.92 Å². The number of anilines is 1. The van der Waals surface area contributed by atoms with E-state index in [4.69, 9.17) is 0 Å². The SMILES string of the molecule is CN1CCC(C(=O)c2ccc(N3CCC(c4ccccc4)CC3)cc2)CC1. The summed E-state index contributed by atoms with van der Waals surface area (Å²) in [6.45, 7) is 4.24. The van der Waals surface area contributed by atoms with Crippen LogP contribution in [0.3, 0.4) is 0 Å². The molecule has 0 amide bonds. The summed E-state index contributed by atoms with van der Waals surface area (Å²) in [5, 5.41) is 0. The Morgan fingerprint density at radius 2 is 1.44 bits per heavy atom. The largest absolute Gasteiger partial charge is 0.371 e. The highest BCUT2D eigenvalue weighted by molar-refractivity contribution is 5.98. The topological polar surface area (TPSA) is 23.6 Å². The van der Waals surface area contributed by atoms with Gasteiger partial charge in [0, 0.05) is 30.3 Å². The number of piperidine rings is 2. The van der Waals surface area contributed by atoms with Crippen LogP contribution in [-0.2, 0) is 0 Å². The molecule has 0 spiro atoms. The summed E-state index contributed by atoms with van der Waals surface area (Å²) < 4.78 is 0. The zero-order valence-electron chi connectivity index (χ0n) is 16.3. The Labute approximate surface area is 163 Å². The molecule has 0 bridgehead atoms. The Morgan fingerprint density at radius 3 is 2.07 bits per heavy atom. The number of carbonyl (C=O) groups is 1. The molecule has 2 aromatic rings. The van der Waals surface area contributed by atoms with E-state index in [1.165, 1.54) is 24.1 Å². The van der Waals surface area contributed by atoms with Crippen LogP contribution in [0.4, 0.5) is 5.69 Å². The van der Waals surface area contributed by atoms with Gasteiger partial charge in [-0.2, -0.15) is 0 Å². The molecule has 142 valence electrons. The summed E-state index contributed by atoms with van der Waals surface area (Å²) in [6.07, 6.45) is 4.37. The highest BCUT2D eigenvalue weighted by atomic mass is 16.1. The molecular formula is C24H30N2O. The molecule has 4 rings (SSSR count). The summed E-state index contributed by atoms with van der Waals surface area (Å²) in [5.41, 5.74) is 3.60. The van der Waals surface area contributed by atoms with Gasteiger partial charge >= 0.3 is 0 Å². The van der Waals surface area contributed by atoms with Gasteiger partial charge in [0.2, 0.25) is 0 Å². The maximum Gasteiger partial charge on any atom is 0.166 e. The lowest BCUT2D eigenvalue weighted by atomic mass is 9.88. The molecule has 3 heteroatoms. The minimum atomic E-state index is 0.202. The molecule has 2 heterocycles. The lowest BCUT2D eigenvalue weighted by molar-refractivity contribution is 0.0857. The van der Waals surface area contributed by atoms with Crippen LogP contribution in [0.2, 0.25) is 0 Å². The molecule has 0 unspecified atom stereocenters. The van der Waals surface area contributed by atoms with Crippen LogP contribution in [0.5, 0.6) is 0 Å². The Balaban J connectivity index is 1.35. The molecule has 2 aliphatic heterocycles. The van der Waals surface area contributed by atoms with E-state index in [2.05, 4.69) is 59.3 Å². The van der Waals surface area contributed by atoms with Gasteiger partial charge in [-0.1, -0.05) is 30.3 Å². The molecule has 2 fully saturated rings. The first-order valence-corrected chi connectivity index (χ1v) is 10.3. The van der Waals surface area contributed by atoms with E-state index in [-0.39, 0.29) is 5.92 Å². The number of rotatable bonds is 4. The number of ketones is 1. The summed E-state index contributed by atoms with van der Waals surface area (Å²) >= 11 is 0. The summed E-state index contributed by atoms with van der Waals surface area (Å²) in [4.78, 5) is 17.5. The van der Waals surface area contributed by atoms with Crippen molar-refractivity contribution in [1.82, 2.24) is 4.90 Å². The predicted octanol–water partition coefficient (Wildman–Crippen LogP) is 4.60. The van der Waals surface area contributed by atoms with E-state index in [9.17, 15) is 4.79 Å². The van der Waals surface area contributed by atoms with Crippen molar-refractivity contribution in [2.45, 2.75) is 31.6 Å². The molecule has 2 saturated heterocycles. The van der Waals surface area contributed by atoms with Crippen LogP contribution in [0.1, 0.15) is 47.5 Å². The molecule has 0 saturated carbocycles.